The van der Waals surface area contributed by atoms with Crippen LogP contribution in [0.2, 0.25) is 0 Å². The zero-order valence-electron chi connectivity index (χ0n) is 7.92. The number of ether oxygens (including phenoxy) is 1. The number of carbonyl (C=O) groups is 1. The van der Waals surface area contributed by atoms with E-state index < -0.39 is 0 Å². The molecule has 0 aromatic heterocycles. The Kier molecular flexibility index (Phi) is 4.30. The molecular formula is C11H16O2. The lowest BCUT2D eigenvalue weighted by Crippen LogP contribution is -2.03. The molecule has 0 amide bonds. The van der Waals surface area contributed by atoms with E-state index in [9.17, 15) is 4.79 Å². The first-order valence-corrected chi connectivity index (χ1v) is 4.80. The van der Waals surface area contributed by atoms with E-state index in [1.54, 1.807) is 0 Å². The Labute approximate surface area is 79.3 Å². The van der Waals surface area contributed by atoms with Gasteiger partial charge in [-0.05, 0) is 25.7 Å². The van der Waals surface area contributed by atoms with Crippen LogP contribution in [0, 0.1) is 0 Å². The molecule has 0 radical (unpaired) electrons. The first-order chi connectivity index (χ1) is 6.33. The molecule has 0 atom stereocenters. The predicted molar refractivity (Wildman–Crippen MR) is 52.3 cm³/mol. The second-order valence-corrected chi connectivity index (χ2v) is 3.23. The van der Waals surface area contributed by atoms with Gasteiger partial charge in [0, 0.05) is 12.5 Å². The maximum absolute atomic E-state index is 10.7. The molecule has 0 saturated carbocycles. The topological polar surface area (TPSA) is 26.3 Å². The lowest BCUT2D eigenvalue weighted by Gasteiger charge is -2.11. The molecule has 2 nitrogen and oxygen atoms in total. The van der Waals surface area contributed by atoms with Crippen LogP contribution in [-0.4, -0.2) is 12.6 Å². The van der Waals surface area contributed by atoms with Crippen molar-refractivity contribution in [3.63, 3.8) is 0 Å². The molecule has 13 heavy (non-hydrogen) atoms. The summed E-state index contributed by atoms with van der Waals surface area (Å²) in [5.41, 5.74) is 1.43. The fraction of sp³-hybridized carbons (Fsp3) is 0.545. The minimum atomic E-state index is -0.323. The summed E-state index contributed by atoms with van der Waals surface area (Å²) in [6.45, 7) is 3.83. The summed E-state index contributed by atoms with van der Waals surface area (Å²) in [6.07, 6.45) is 9.30. The van der Waals surface area contributed by atoms with E-state index in [0.717, 1.165) is 6.42 Å². The average molecular weight is 180 g/mol. The molecule has 0 unspecified atom stereocenters. The van der Waals surface area contributed by atoms with Gasteiger partial charge >= 0.3 is 5.97 Å². The lowest BCUT2D eigenvalue weighted by molar-refractivity contribution is -0.137. The summed E-state index contributed by atoms with van der Waals surface area (Å²) in [5, 5.41) is 0. The van der Waals surface area contributed by atoms with E-state index in [0.29, 0.717) is 6.61 Å². The van der Waals surface area contributed by atoms with Gasteiger partial charge in [0.15, 0.2) is 0 Å². The summed E-state index contributed by atoms with van der Waals surface area (Å²) < 4.78 is 4.90. The molecule has 0 aromatic rings. The molecule has 1 aliphatic rings. The lowest BCUT2D eigenvalue weighted by atomic mass is 9.98. The van der Waals surface area contributed by atoms with E-state index in [1.807, 2.05) is 0 Å². The normalized spacial score (nSPS) is 16.2. The van der Waals surface area contributed by atoms with Gasteiger partial charge in [-0.25, -0.2) is 4.79 Å². The van der Waals surface area contributed by atoms with E-state index in [-0.39, 0.29) is 5.97 Å². The predicted octanol–water partition coefficient (Wildman–Crippen LogP) is 2.61. The second kappa shape index (κ2) is 5.57. The molecule has 0 aromatic carbocycles. The van der Waals surface area contributed by atoms with Crippen LogP contribution in [-0.2, 0) is 9.53 Å². The van der Waals surface area contributed by atoms with Crippen molar-refractivity contribution in [2.75, 3.05) is 6.61 Å². The standard InChI is InChI=1S/C11H16O2/c1-2-11(12)13-9-8-10-6-4-3-5-7-10/h2,6H,1,3-5,7-9H2. The van der Waals surface area contributed by atoms with Crippen molar-refractivity contribution in [3.05, 3.63) is 24.3 Å². The van der Waals surface area contributed by atoms with Gasteiger partial charge < -0.3 is 4.74 Å². The van der Waals surface area contributed by atoms with Gasteiger partial charge in [0.05, 0.1) is 6.61 Å². The van der Waals surface area contributed by atoms with Crippen LogP contribution in [0.5, 0.6) is 0 Å². The number of allylic oxidation sites excluding steroid dienone is 1. The first kappa shape index (κ1) is 10.0. The number of hydrogen-bond acceptors (Lipinski definition) is 2. The third-order valence-corrected chi connectivity index (χ3v) is 2.22. The fourth-order valence-electron chi connectivity index (χ4n) is 1.47. The molecule has 72 valence electrons. The highest BCUT2D eigenvalue weighted by Gasteiger charge is 2.04. The third-order valence-electron chi connectivity index (χ3n) is 2.22. The van der Waals surface area contributed by atoms with Crippen molar-refractivity contribution in [2.24, 2.45) is 0 Å². The van der Waals surface area contributed by atoms with Crippen LogP contribution in [0.4, 0.5) is 0 Å². The minimum Gasteiger partial charge on any atom is -0.462 e. The van der Waals surface area contributed by atoms with Crippen molar-refractivity contribution in [3.8, 4) is 0 Å². The van der Waals surface area contributed by atoms with Crippen LogP contribution >= 0.6 is 0 Å². The van der Waals surface area contributed by atoms with Crippen molar-refractivity contribution >= 4 is 5.97 Å². The van der Waals surface area contributed by atoms with Crippen LogP contribution in [0.25, 0.3) is 0 Å². The molecule has 2 heteroatoms. The van der Waals surface area contributed by atoms with Gasteiger partial charge in [0.1, 0.15) is 0 Å². The SMILES string of the molecule is C=CC(=O)OCCC1=CCCCC1. The number of carbonyl (C=O) groups excluding carboxylic acids is 1. The van der Waals surface area contributed by atoms with E-state index in [2.05, 4.69) is 12.7 Å². The van der Waals surface area contributed by atoms with Gasteiger partial charge in [-0.3, -0.25) is 0 Å². The highest BCUT2D eigenvalue weighted by atomic mass is 16.5. The summed E-state index contributed by atoms with van der Waals surface area (Å²) in [4.78, 5) is 10.7. The summed E-state index contributed by atoms with van der Waals surface area (Å²) in [7, 11) is 0. The van der Waals surface area contributed by atoms with Gasteiger partial charge in [-0.15, -0.1) is 0 Å². The van der Waals surface area contributed by atoms with Crippen molar-refractivity contribution in [1.82, 2.24) is 0 Å². The largest absolute Gasteiger partial charge is 0.462 e. The maximum Gasteiger partial charge on any atom is 0.330 e. The summed E-state index contributed by atoms with van der Waals surface area (Å²) in [6, 6.07) is 0. The van der Waals surface area contributed by atoms with Gasteiger partial charge in [0.2, 0.25) is 0 Å². The molecule has 0 aliphatic heterocycles. The average Bonchev–Trinajstić information content (AvgIpc) is 2.19. The van der Waals surface area contributed by atoms with Crippen molar-refractivity contribution in [2.45, 2.75) is 32.1 Å². The van der Waals surface area contributed by atoms with Gasteiger partial charge in [0.25, 0.3) is 0 Å². The Morgan fingerprint density at radius 1 is 1.62 bits per heavy atom. The van der Waals surface area contributed by atoms with Crippen LogP contribution in [0.3, 0.4) is 0 Å². The van der Waals surface area contributed by atoms with E-state index in [1.165, 1.54) is 37.3 Å². The number of rotatable bonds is 4. The van der Waals surface area contributed by atoms with Crippen LogP contribution in [0.1, 0.15) is 32.1 Å². The smallest absolute Gasteiger partial charge is 0.330 e. The number of hydrogen-bond donors (Lipinski definition) is 0. The summed E-state index contributed by atoms with van der Waals surface area (Å²) >= 11 is 0. The molecule has 0 spiro atoms. The zero-order valence-corrected chi connectivity index (χ0v) is 7.92. The molecule has 0 bridgehead atoms. The third kappa shape index (κ3) is 3.92. The number of esters is 1. The van der Waals surface area contributed by atoms with E-state index >= 15 is 0 Å². The Morgan fingerprint density at radius 3 is 3.08 bits per heavy atom. The molecule has 0 N–H and O–H groups in total. The molecule has 0 saturated heterocycles. The first-order valence-electron chi connectivity index (χ1n) is 4.80. The molecule has 0 fully saturated rings. The van der Waals surface area contributed by atoms with Gasteiger partial charge in [-0.2, -0.15) is 0 Å². The molecule has 0 heterocycles. The van der Waals surface area contributed by atoms with Crippen molar-refractivity contribution in [1.29, 1.82) is 0 Å². The molecule has 1 rings (SSSR count). The van der Waals surface area contributed by atoms with Crippen LogP contribution in [0.15, 0.2) is 24.3 Å². The Balaban J connectivity index is 2.14. The highest BCUT2D eigenvalue weighted by molar-refractivity contribution is 5.81. The van der Waals surface area contributed by atoms with E-state index in [4.69, 9.17) is 4.74 Å². The Hall–Kier alpha value is -1.05. The second-order valence-electron chi connectivity index (χ2n) is 3.23. The monoisotopic (exact) mass is 180 g/mol. The highest BCUT2D eigenvalue weighted by Crippen LogP contribution is 2.19. The Morgan fingerprint density at radius 2 is 2.46 bits per heavy atom. The van der Waals surface area contributed by atoms with Gasteiger partial charge in [-0.1, -0.05) is 18.2 Å². The quantitative estimate of drug-likeness (QED) is 0.377. The maximum atomic E-state index is 10.7. The molecular weight excluding hydrogens is 164 g/mol. The minimum absolute atomic E-state index is 0.323. The Bertz CT molecular complexity index is 216. The molecule has 1 aliphatic carbocycles. The van der Waals surface area contributed by atoms with Crippen molar-refractivity contribution < 1.29 is 9.53 Å². The summed E-state index contributed by atoms with van der Waals surface area (Å²) in [5.74, 6) is -0.323. The van der Waals surface area contributed by atoms with Crippen LogP contribution < -0.4 is 0 Å². The zero-order chi connectivity index (χ0) is 9.52. The fourth-order valence-corrected chi connectivity index (χ4v) is 1.47.